The van der Waals surface area contributed by atoms with Crippen LogP contribution in [0.15, 0.2) is 216 Å². The van der Waals surface area contributed by atoms with Gasteiger partial charge in [-0.1, -0.05) is 176 Å². The smallest absolute Gasteiger partial charge is 0.0735 e. The van der Waals surface area contributed by atoms with E-state index in [1.807, 2.05) is 11.8 Å². The zero-order valence-corrected chi connectivity index (χ0v) is 31.4. The number of nitrogens with zero attached hydrogens (tertiary/aromatic N) is 1. The molecule has 2 unspecified atom stereocenters. The van der Waals surface area contributed by atoms with Gasteiger partial charge in [0.2, 0.25) is 0 Å². The van der Waals surface area contributed by atoms with Crippen LogP contribution in [0.1, 0.15) is 44.9 Å². The molecule has 56 heavy (non-hydrogen) atoms. The van der Waals surface area contributed by atoms with Crippen molar-refractivity contribution in [2.45, 2.75) is 21.1 Å². The van der Waals surface area contributed by atoms with Gasteiger partial charge in [-0.05, 0) is 114 Å². The topological polar surface area (TPSA) is 3.24 Å². The Morgan fingerprint density at radius 2 is 0.982 bits per heavy atom. The van der Waals surface area contributed by atoms with Gasteiger partial charge in [0.25, 0.3) is 0 Å². The highest BCUT2D eigenvalue weighted by Crippen LogP contribution is 2.62. The van der Waals surface area contributed by atoms with Gasteiger partial charge in [0.05, 0.1) is 5.41 Å². The van der Waals surface area contributed by atoms with Gasteiger partial charge in [0, 0.05) is 32.8 Å². The highest BCUT2D eigenvalue weighted by molar-refractivity contribution is 7.99. The van der Waals surface area contributed by atoms with Gasteiger partial charge in [0.1, 0.15) is 0 Å². The lowest BCUT2D eigenvalue weighted by Gasteiger charge is -2.46. The Labute approximate surface area is 331 Å². The second-order valence-corrected chi connectivity index (χ2v) is 16.2. The molecular formula is C54H35NS. The van der Waals surface area contributed by atoms with Crippen LogP contribution in [0.4, 0.5) is 17.1 Å². The summed E-state index contributed by atoms with van der Waals surface area (Å²) in [5.41, 5.74) is 17.7. The standard InChI is InChI=1S/C54H35NS/c1-3-15-35(16-4-1)52-43-23-8-7-21-40(43)41-31-29-38(33-45(41)52)55(37-19-5-2-6-20-37)39-30-32-48-51(34-39)56-50-28-12-11-26-47(50)54(48)46-25-10-9-22-42(46)44-24-13-17-36-18-14-27-49(54)53(36)44/h1-34,52H. The first-order valence-corrected chi connectivity index (χ1v) is 20.3. The molecule has 0 fully saturated rings. The second kappa shape index (κ2) is 12.2. The molecule has 1 heterocycles. The first kappa shape index (κ1) is 31.7. The van der Waals surface area contributed by atoms with Crippen molar-refractivity contribution in [3.8, 4) is 22.3 Å². The fourth-order valence-electron chi connectivity index (χ4n) is 10.2. The second-order valence-electron chi connectivity index (χ2n) is 15.2. The first-order chi connectivity index (χ1) is 27.8. The molecule has 12 rings (SSSR count). The summed E-state index contributed by atoms with van der Waals surface area (Å²) in [6.45, 7) is 0. The Hall–Kier alpha value is -6.61. The Kier molecular flexibility index (Phi) is 6.91. The number of para-hydroxylation sites is 1. The van der Waals surface area contributed by atoms with Crippen LogP contribution in [-0.2, 0) is 5.41 Å². The van der Waals surface area contributed by atoms with Gasteiger partial charge in [-0.15, -0.1) is 0 Å². The molecule has 2 atom stereocenters. The molecule has 1 spiro atoms. The molecule has 0 saturated carbocycles. The molecular weight excluding hydrogens is 695 g/mol. The van der Waals surface area contributed by atoms with Crippen LogP contribution in [0.3, 0.4) is 0 Å². The largest absolute Gasteiger partial charge is 0.310 e. The molecule has 0 aromatic heterocycles. The van der Waals surface area contributed by atoms with E-state index in [2.05, 4.69) is 211 Å². The van der Waals surface area contributed by atoms with Crippen molar-refractivity contribution >= 4 is 39.6 Å². The molecule has 0 saturated heterocycles. The number of rotatable bonds is 4. The average Bonchev–Trinajstić information content (AvgIpc) is 3.59. The van der Waals surface area contributed by atoms with Crippen LogP contribution in [0.2, 0.25) is 0 Å². The summed E-state index contributed by atoms with van der Waals surface area (Å²) in [7, 11) is 0. The summed E-state index contributed by atoms with van der Waals surface area (Å²) in [4.78, 5) is 5.03. The molecule has 9 aromatic rings. The predicted octanol–water partition coefficient (Wildman–Crippen LogP) is 14.3. The van der Waals surface area contributed by atoms with Gasteiger partial charge in [-0.3, -0.25) is 0 Å². The average molecular weight is 730 g/mol. The van der Waals surface area contributed by atoms with Crippen molar-refractivity contribution in [3.05, 3.63) is 245 Å². The minimum absolute atomic E-state index is 0.173. The van der Waals surface area contributed by atoms with Gasteiger partial charge >= 0.3 is 0 Å². The molecule has 1 nitrogen and oxygen atoms in total. The third-order valence-electron chi connectivity index (χ3n) is 12.4. The fraction of sp³-hybridized carbons (Fsp3) is 0.0370. The van der Waals surface area contributed by atoms with E-state index in [1.54, 1.807) is 0 Å². The monoisotopic (exact) mass is 729 g/mol. The van der Waals surface area contributed by atoms with Crippen LogP contribution in [-0.4, -0.2) is 0 Å². The van der Waals surface area contributed by atoms with Crippen molar-refractivity contribution in [1.82, 2.24) is 0 Å². The number of benzene rings is 9. The van der Waals surface area contributed by atoms with Crippen LogP contribution < -0.4 is 4.90 Å². The summed E-state index contributed by atoms with van der Waals surface area (Å²) < 4.78 is 0. The van der Waals surface area contributed by atoms with E-state index in [0.29, 0.717) is 0 Å². The van der Waals surface area contributed by atoms with Crippen LogP contribution in [0, 0.1) is 0 Å². The molecule has 0 radical (unpaired) electrons. The van der Waals surface area contributed by atoms with Crippen LogP contribution in [0.25, 0.3) is 33.0 Å². The lowest BCUT2D eigenvalue weighted by Crippen LogP contribution is -2.36. The summed E-state index contributed by atoms with van der Waals surface area (Å²) in [6, 6.07) is 77.0. The molecule has 1 aliphatic heterocycles. The Morgan fingerprint density at radius 1 is 0.375 bits per heavy atom. The van der Waals surface area contributed by atoms with E-state index in [9.17, 15) is 0 Å². The Balaban J connectivity index is 1.09. The highest BCUT2D eigenvalue weighted by Gasteiger charge is 2.48. The maximum Gasteiger partial charge on any atom is 0.0735 e. The van der Waals surface area contributed by atoms with E-state index < -0.39 is 5.41 Å². The molecule has 0 N–H and O–H groups in total. The van der Waals surface area contributed by atoms with E-state index in [0.717, 1.165) is 17.1 Å². The minimum Gasteiger partial charge on any atom is -0.310 e. The molecule has 0 bridgehead atoms. The summed E-state index contributed by atoms with van der Waals surface area (Å²) in [6.07, 6.45) is 0. The molecule has 0 amide bonds. The first-order valence-electron chi connectivity index (χ1n) is 19.5. The lowest BCUT2D eigenvalue weighted by molar-refractivity contribution is 0.707. The summed E-state index contributed by atoms with van der Waals surface area (Å²) in [5, 5.41) is 2.63. The van der Waals surface area contributed by atoms with Crippen molar-refractivity contribution in [1.29, 1.82) is 0 Å². The van der Waals surface area contributed by atoms with Crippen LogP contribution in [0.5, 0.6) is 0 Å². The molecule has 262 valence electrons. The molecule has 2 aliphatic carbocycles. The predicted molar refractivity (Wildman–Crippen MR) is 233 cm³/mol. The normalized spacial score (nSPS) is 16.8. The number of anilines is 3. The quantitative estimate of drug-likeness (QED) is 0.177. The minimum atomic E-state index is -0.472. The van der Waals surface area contributed by atoms with Crippen molar-refractivity contribution in [3.63, 3.8) is 0 Å². The number of hydrogen-bond acceptors (Lipinski definition) is 2. The summed E-state index contributed by atoms with van der Waals surface area (Å²) in [5.74, 6) is 0.173. The van der Waals surface area contributed by atoms with E-state index >= 15 is 0 Å². The van der Waals surface area contributed by atoms with Gasteiger partial charge in [-0.25, -0.2) is 0 Å². The Bertz CT molecular complexity index is 3020. The molecule has 3 aliphatic rings. The maximum atomic E-state index is 2.45. The third-order valence-corrected chi connectivity index (χ3v) is 13.5. The zero-order valence-electron chi connectivity index (χ0n) is 30.6. The van der Waals surface area contributed by atoms with Gasteiger partial charge < -0.3 is 4.90 Å². The number of fused-ring (bicyclic) bond motifs is 11. The fourth-order valence-corrected chi connectivity index (χ4v) is 11.4. The third kappa shape index (κ3) is 4.39. The number of hydrogen-bond donors (Lipinski definition) is 0. The zero-order chi connectivity index (χ0) is 36.8. The van der Waals surface area contributed by atoms with Gasteiger partial charge in [-0.2, -0.15) is 0 Å². The SMILES string of the molecule is c1ccc(C2c3ccccc3-c3ccc(N(c4ccccc4)c4ccc5c(c4)Sc4ccccc4C54c5ccccc5-c5cccc6cccc4c56)cc32)cc1. The Morgan fingerprint density at radius 3 is 1.84 bits per heavy atom. The van der Waals surface area contributed by atoms with Crippen LogP contribution >= 0.6 is 11.8 Å². The van der Waals surface area contributed by atoms with E-state index in [1.165, 1.54) is 81.8 Å². The van der Waals surface area contributed by atoms with Crippen molar-refractivity contribution in [2.75, 3.05) is 4.90 Å². The maximum absolute atomic E-state index is 2.45. The van der Waals surface area contributed by atoms with E-state index in [-0.39, 0.29) is 5.92 Å². The van der Waals surface area contributed by atoms with Gasteiger partial charge in [0.15, 0.2) is 0 Å². The van der Waals surface area contributed by atoms with Crippen molar-refractivity contribution in [2.24, 2.45) is 0 Å². The highest BCUT2D eigenvalue weighted by atomic mass is 32.2. The molecule has 9 aromatic carbocycles. The lowest BCUT2D eigenvalue weighted by atomic mass is 9.59. The van der Waals surface area contributed by atoms with Crippen molar-refractivity contribution < 1.29 is 0 Å². The van der Waals surface area contributed by atoms with E-state index in [4.69, 9.17) is 0 Å². The summed E-state index contributed by atoms with van der Waals surface area (Å²) >= 11 is 1.90. The molecule has 2 heteroatoms.